The Morgan fingerprint density at radius 3 is 2.90 bits per heavy atom. The number of nitro groups is 1. The number of hydrogen-bond donors (Lipinski definition) is 1. The van der Waals surface area contributed by atoms with E-state index in [9.17, 15) is 14.9 Å². The van der Waals surface area contributed by atoms with Gasteiger partial charge in [-0.05, 0) is 29.2 Å². The second-order valence-electron chi connectivity index (χ2n) is 4.10. The van der Waals surface area contributed by atoms with Crippen LogP contribution in [-0.2, 0) is 11.3 Å². The summed E-state index contributed by atoms with van der Waals surface area (Å²) in [7, 11) is 0. The molecular weight excluding hydrogens is 312 g/mol. The van der Waals surface area contributed by atoms with Crippen molar-refractivity contribution in [3.05, 3.63) is 67.4 Å². The van der Waals surface area contributed by atoms with Crippen LogP contribution in [0, 0.1) is 10.1 Å². The van der Waals surface area contributed by atoms with E-state index in [0.29, 0.717) is 12.1 Å². The van der Waals surface area contributed by atoms with E-state index < -0.39 is 4.92 Å². The molecule has 1 N–H and O–H groups in total. The highest BCUT2D eigenvalue weighted by atomic mass is 35.5. The van der Waals surface area contributed by atoms with Crippen molar-refractivity contribution >= 4 is 40.6 Å². The molecule has 1 amide bonds. The van der Waals surface area contributed by atoms with Crippen molar-refractivity contribution in [2.24, 2.45) is 0 Å². The second-order valence-corrected chi connectivity index (χ2v) is 5.54. The number of halogens is 1. The molecule has 5 nitrogen and oxygen atoms in total. The summed E-state index contributed by atoms with van der Waals surface area (Å²) in [6, 6.07) is 8.21. The third-order valence-electron chi connectivity index (χ3n) is 2.61. The summed E-state index contributed by atoms with van der Waals surface area (Å²) in [6.45, 7) is 0.460. The van der Waals surface area contributed by atoms with Crippen molar-refractivity contribution in [2.45, 2.75) is 6.54 Å². The van der Waals surface area contributed by atoms with Crippen molar-refractivity contribution in [1.29, 1.82) is 0 Å². The molecule has 0 aliphatic rings. The lowest BCUT2D eigenvalue weighted by Crippen LogP contribution is -2.19. The van der Waals surface area contributed by atoms with Crippen molar-refractivity contribution in [1.82, 2.24) is 5.32 Å². The highest BCUT2D eigenvalue weighted by molar-refractivity contribution is 7.09. The third-order valence-corrected chi connectivity index (χ3v) is 3.81. The maximum absolute atomic E-state index is 11.6. The van der Waals surface area contributed by atoms with Crippen LogP contribution >= 0.6 is 22.9 Å². The van der Waals surface area contributed by atoms with Gasteiger partial charge in [0.2, 0.25) is 5.91 Å². The van der Waals surface area contributed by atoms with Crippen molar-refractivity contribution < 1.29 is 9.72 Å². The lowest BCUT2D eigenvalue weighted by atomic mass is 10.2. The number of rotatable bonds is 5. The van der Waals surface area contributed by atoms with Crippen molar-refractivity contribution in [3.63, 3.8) is 0 Å². The Kier molecular flexibility index (Phi) is 5.08. The highest BCUT2D eigenvalue weighted by Crippen LogP contribution is 2.25. The van der Waals surface area contributed by atoms with Crippen LogP contribution in [0.5, 0.6) is 0 Å². The summed E-state index contributed by atoms with van der Waals surface area (Å²) in [5.74, 6) is -0.263. The van der Waals surface area contributed by atoms with E-state index in [1.807, 2.05) is 17.5 Å². The number of carbonyl (C=O) groups excluding carboxylic acids is 1. The first kappa shape index (κ1) is 15.2. The van der Waals surface area contributed by atoms with Gasteiger partial charge in [-0.15, -0.1) is 11.3 Å². The van der Waals surface area contributed by atoms with Crippen molar-refractivity contribution in [2.75, 3.05) is 0 Å². The van der Waals surface area contributed by atoms with Gasteiger partial charge in [-0.1, -0.05) is 23.7 Å². The SMILES string of the molecule is O=C(/C=C/c1ccc(Cl)c([N+](=O)[O-])c1)NCc1cccs1. The number of nitrogens with zero attached hydrogens (tertiary/aromatic N) is 1. The monoisotopic (exact) mass is 322 g/mol. The molecule has 0 fully saturated rings. The number of hydrogen-bond acceptors (Lipinski definition) is 4. The average molecular weight is 323 g/mol. The predicted molar refractivity (Wildman–Crippen MR) is 83.3 cm³/mol. The van der Waals surface area contributed by atoms with Gasteiger partial charge in [0.05, 0.1) is 11.5 Å². The van der Waals surface area contributed by atoms with Crippen LogP contribution in [0.1, 0.15) is 10.4 Å². The lowest BCUT2D eigenvalue weighted by Gasteiger charge is -1.99. The molecule has 0 aliphatic heterocycles. The lowest BCUT2D eigenvalue weighted by molar-refractivity contribution is -0.384. The van der Waals surface area contributed by atoms with E-state index >= 15 is 0 Å². The first-order valence-corrected chi connectivity index (χ1v) is 7.24. The number of nitrogens with one attached hydrogen (secondary N) is 1. The van der Waals surface area contributed by atoms with E-state index in [1.54, 1.807) is 17.4 Å². The van der Waals surface area contributed by atoms with E-state index in [2.05, 4.69) is 5.32 Å². The normalized spacial score (nSPS) is 10.7. The van der Waals surface area contributed by atoms with Gasteiger partial charge in [-0.25, -0.2) is 0 Å². The Balaban J connectivity index is 1.98. The fourth-order valence-electron chi connectivity index (χ4n) is 1.59. The Morgan fingerprint density at radius 1 is 1.43 bits per heavy atom. The zero-order valence-corrected chi connectivity index (χ0v) is 12.4. The number of amides is 1. The topological polar surface area (TPSA) is 72.2 Å². The molecular formula is C14H11ClN2O3S. The van der Waals surface area contributed by atoms with E-state index in [4.69, 9.17) is 11.6 Å². The van der Waals surface area contributed by atoms with Crippen LogP contribution in [0.25, 0.3) is 6.08 Å². The first-order valence-electron chi connectivity index (χ1n) is 5.98. The molecule has 0 bridgehead atoms. The van der Waals surface area contributed by atoms with Crippen LogP contribution in [0.3, 0.4) is 0 Å². The van der Waals surface area contributed by atoms with Crippen molar-refractivity contribution in [3.8, 4) is 0 Å². The van der Waals surface area contributed by atoms with Gasteiger partial charge < -0.3 is 5.32 Å². The molecule has 0 radical (unpaired) electrons. The molecule has 0 saturated heterocycles. The largest absolute Gasteiger partial charge is 0.348 e. The summed E-state index contributed by atoms with van der Waals surface area (Å²) >= 11 is 7.27. The quantitative estimate of drug-likeness (QED) is 0.519. The minimum Gasteiger partial charge on any atom is -0.348 e. The molecule has 1 aromatic heterocycles. The molecule has 1 aromatic carbocycles. The molecule has 0 atom stereocenters. The zero-order chi connectivity index (χ0) is 15.2. The number of carbonyl (C=O) groups is 1. The Bertz CT molecular complexity index is 684. The fourth-order valence-corrected chi connectivity index (χ4v) is 2.42. The van der Waals surface area contributed by atoms with E-state index in [-0.39, 0.29) is 16.6 Å². The molecule has 0 unspecified atom stereocenters. The summed E-state index contributed by atoms with van der Waals surface area (Å²) in [5.41, 5.74) is 0.357. The second kappa shape index (κ2) is 7.01. The highest BCUT2D eigenvalue weighted by Gasteiger charge is 2.11. The molecule has 1 heterocycles. The molecule has 2 aromatic rings. The van der Waals surface area contributed by atoms with Gasteiger partial charge in [-0.3, -0.25) is 14.9 Å². The minimum absolute atomic E-state index is 0.0688. The van der Waals surface area contributed by atoms with Crippen LogP contribution in [0.15, 0.2) is 41.8 Å². The zero-order valence-electron chi connectivity index (χ0n) is 10.8. The van der Waals surface area contributed by atoms with Gasteiger partial charge in [0.15, 0.2) is 0 Å². The molecule has 108 valence electrons. The standard InChI is InChI=1S/C14H11ClN2O3S/c15-12-5-3-10(8-13(12)17(19)20)4-6-14(18)16-9-11-2-1-7-21-11/h1-8H,9H2,(H,16,18)/b6-4+. The third kappa shape index (κ3) is 4.40. The van der Waals surface area contributed by atoms with Crippen LogP contribution in [0.4, 0.5) is 5.69 Å². The maximum atomic E-state index is 11.6. The summed E-state index contributed by atoms with van der Waals surface area (Å²) < 4.78 is 0. The van der Waals surface area contributed by atoms with E-state index in [1.165, 1.54) is 24.3 Å². The predicted octanol–water partition coefficient (Wildman–Crippen LogP) is 3.64. The van der Waals surface area contributed by atoms with Gasteiger partial charge in [0, 0.05) is 17.0 Å². The molecule has 0 aliphatic carbocycles. The first-order chi connectivity index (χ1) is 10.1. The minimum atomic E-state index is -0.559. The Hall–Kier alpha value is -2.18. The number of benzene rings is 1. The maximum Gasteiger partial charge on any atom is 0.288 e. The van der Waals surface area contributed by atoms with Crippen LogP contribution in [0.2, 0.25) is 5.02 Å². The number of nitro benzene ring substituents is 1. The van der Waals surface area contributed by atoms with Crippen LogP contribution < -0.4 is 5.32 Å². The van der Waals surface area contributed by atoms with Gasteiger partial charge in [0.1, 0.15) is 5.02 Å². The fraction of sp³-hybridized carbons (Fsp3) is 0.0714. The summed E-state index contributed by atoms with van der Waals surface area (Å²) in [5, 5.41) is 15.5. The summed E-state index contributed by atoms with van der Waals surface area (Å²) in [4.78, 5) is 22.9. The van der Waals surface area contributed by atoms with Gasteiger partial charge >= 0.3 is 0 Å². The molecule has 0 saturated carbocycles. The Labute approximate surface area is 130 Å². The smallest absolute Gasteiger partial charge is 0.288 e. The summed E-state index contributed by atoms with van der Waals surface area (Å²) in [6.07, 6.45) is 2.84. The molecule has 21 heavy (non-hydrogen) atoms. The van der Waals surface area contributed by atoms with Crippen LogP contribution in [-0.4, -0.2) is 10.8 Å². The molecule has 2 rings (SSSR count). The van der Waals surface area contributed by atoms with E-state index in [0.717, 1.165) is 4.88 Å². The molecule has 7 heteroatoms. The average Bonchev–Trinajstić information content (AvgIpc) is 2.97. The van der Waals surface area contributed by atoms with Gasteiger partial charge in [-0.2, -0.15) is 0 Å². The number of thiophene rings is 1. The molecule has 0 spiro atoms. The Morgan fingerprint density at radius 2 is 2.24 bits per heavy atom. The van der Waals surface area contributed by atoms with Gasteiger partial charge in [0.25, 0.3) is 5.69 Å².